The zero-order valence-corrected chi connectivity index (χ0v) is 12.1. The molecule has 94 valence electrons. The molecule has 2 aromatic rings. The lowest BCUT2D eigenvalue weighted by atomic mass is 10.1. The molecular formula is C16H13NS2. The fourth-order valence-electron chi connectivity index (χ4n) is 2.07. The standard InChI is InChI=1S/C16H13NS2/c1-11-7-8-14-13(9-11)15(19-16(18)17-14)10-12-5-3-2-4-6-12/h2-10H,1H3,(H,17,18)/b15-10+. The molecule has 19 heavy (non-hydrogen) atoms. The third kappa shape index (κ3) is 2.72. The van der Waals surface area contributed by atoms with Crippen LogP contribution in [-0.2, 0) is 0 Å². The van der Waals surface area contributed by atoms with Gasteiger partial charge in [-0.1, -0.05) is 65.9 Å². The Morgan fingerprint density at radius 1 is 1.11 bits per heavy atom. The van der Waals surface area contributed by atoms with Gasteiger partial charge in [-0.2, -0.15) is 0 Å². The first-order valence-electron chi connectivity index (χ1n) is 6.09. The van der Waals surface area contributed by atoms with Gasteiger partial charge in [0.15, 0.2) is 0 Å². The topological polar surface area (TPSA) is 12.0 Å². The zero-order valence-electron chi connectivity index (χ0n) is 10.5. The van der Waals surface area contributed by atoms with E-state index in [1.807, 2.05) is 18.2 Å². The monoisotopic (exact) mass is 283 g/mol. The number of benzene rings is 2. The van der Waals surface area contributed by atoms with Crippen LogP contribution in [0.3, 0.4) is 0 Å². The molecular weight excluding hydrogens is 270 g/mol. The molecule has 1 aliphatic heterocycles. The first kappa shape index (κ1) is 12.5. The van der Waals surface area contributed by atoms with E-state index in [-0.39, 0.29) is 0 Å². The van der Waals surface area contributed by atoms with E-state index in [9.17, 15) is 0 Å². The van der Waals surface area contributed by atoms with E-state index >= 15 is 0 Å². The van der Waals surface area contributed by atoms with Gasteiger partial charge in [-0.15, -0.1) is 0 Å². The largest absolute Gasteiger partial charge is 0.340 e. The van der Waals surface area contributed by atoms with Crippen LogP contribution in [0.25, 0.3) is 11.0 Å². The molecule has 0 spiro atoms. The van der Waals surface area contributed by atoms with E-state index in [1.165, 1.54) is 21.6 Å². The van der Waals surface area contributed by atoms with Crippen LogP contribution in [0, 0.1) is 6.92 Å². The maximum absolute atomic E-state index is 5.32. The van der Waals surface area contributed by atoms with Crippen molar-refractivity contribution in [3.05, 3.63) is 65.2 Å². The number of hydrogen-bond donors (Lipinski definition) is 1. The molecule has 0 bridgehead atoms. The number of thiocarbonyl (C=S) groups is 1. The molecule has 0 saturated heterocycles. The molecule has 1 nitrogen and oxygen atoms in total. The van der Waals surface area contributed by atoms with Crippen molar-refractivity contribution >= 4 is 45.0 Å². The van der Waals surface area contributed by atoms with Crippen molar-refractivity contribution < 1.29 is 0 Å². The van der Waals surface area contributed by atoms with Crippen molar-refractivity contribution in [2.45, 2.75) is 6.92 Å². The number of hydrogen-bond acceptors (Lipinski definition) is 2. The maximum Gasteiger partial charge on any atom is 0.143 e. The van der Waals surface area contributed by atoms with Gasteiger partial charge in [0.05, 0.1) is 0 Å². The molecule has 0 unspecified atom stereocenters. The average Bonchev–Trinajstić information content (AvgIpc) is 2.41. The Balaban J connectivity index is 2.10. The predicted octanol–water partition coefficient (Wildman–Crippen LogP) is 4.94. The van der Waals surface area contributed by atoms with Crippen LogP contribution in [0.15, 0.2) is 48.5 Å². The van der Waals surface area contributed by atoms with Crippen LogP contribution < -0.4 is 5.32 Å². The summed E-state index contributed by atoms with van der Waals surface area (Å²) in [7, 11) is 0. The highest BCUT2D eigenvalue weighted by Crippen LogP contribution is 2.40. The van der Waals surface area contributed by atoms with Crippen molar-refractivity contribution in [2.24, 2.45) is 0 Å². The van der Waals surface area contributed by atoms with E-state index in [4.69, 9.17) is 12.2 Å². The minimum absolute atomic E-state index is 0.804. The van der Waals surface area contributed by atoms with Crippen molar-refractivity contribution in [3.8, 4) is 0 Å². The van der Waals surface area contributed by atoms with Crippen LogP contribution in [0.5, 0.6) is 0 Å². The van der Waals surface area contributed by atoms with E-state index < -0.39 is 0 Å². The fourth-order valence-corrected chi connectivity index (χ4v) is 3.28. The minimum atomic E-state index is 0.804. The summed E-state index contributed by atoms with van der Waals surface area (Å²) in [4.78, 5) is 1.20. The zero-order chi connectivity index (χ0) is 13.2. The van der Waals surface area contributed by atoms with Crippen LogP contribution in [-0.4, -0.2) is 4.32 Å². The second kappa shape index (κ2) is 5.19. The van der Waals surface area contributed by atoms with E-state index in [0.29, 0.717) is 0 Å². The molecule has 0 radical (unpaired) electrons. The summed E-state index contributed by atoms with van der Waals surface area (Å²) in [5.74, 6) is 0. The molecule has 0 atom stereocenters. The average molecular weight is 283 g/mol. The Kier molecular flexibility index (Phi) is 3.40. The summed E-state index contributed by atoms with van der Waals surface area (Å²) >= 11 is 6.93. The molecule has 1 aliphatic rings. The highest BCUT2D eigenvalue weighted by molar-refractivity contribution is 8.29. The maximum atomic E-state index is 5.32. The number of nitrogens with one attached hydrogen (secondary N) is 1. The van der Waals surface area contributed by atoms with Crippen LogP contribution in [0.2, 0.25) is 0 Å². The Hall–Kier alpha value is -1.58. The number of anilines is 1. The number of fused-ring (bicyclic) bond motifs is 1. The Labute approximate surface area is 122 Å². The van der Waals surface area contributed by atoms with Gasteiger partial charge >= 0.3 is 0 Å². The Bertz CT molecular complexity index is 660. The third-order valence-electron chi connectivity index (χ3n) is 2.98. The van der Waals surface area contributed by atoms with Crippen molar-refractivity contribution in [3.63, 3.8) is 0 Å². The van der Waals surface area contributed by atoms with Gasteiger partial charge in [0.25, 0.3) is 0 Å². The highest BCUT2D eigenvalue weighted by atomic mass is 32.2. The molecule has 3 rings (SSSR count). The molecule has 0 aliphatic carbocycles. The quantitative estimate of drug-likeness (QED) is 0.745. The molecule has 1 N–H and O–H groups in total. The van der Waals surface area contributed by atoms with Crippen molar-refractivity contribution in [1.29, 1.82) is 0 Å². The van der Waals surface area contributed by atoms with Gasteiger partial charge in [-0.05, 0) is 30.7 Å². The van der Waals surface area contributed by atoms with Crippen molar-refractivity contribution in [1.82, 2.24) is 0 Å². The summed E-state index contributed by atoms with van der Waals surface area (Å²) < 4.78 is 0.804. The van der Waals surface area contributed by atoms with E-state index in [0.717, 1.165) is 10.0 Å². The van der Waals surface area contributed by atoms with Gasteiger partial charge < -0.3 is 5.32 Å². The summed E-state index contributed by atoms with van der Waals surface area (Å²) in [6.45, 7) is 2.11. The number of aryl methyl sites for hydroxylation is 1. The van der Waals surface area contributed by atoms with Crippen LogP contribution in [0.1, 0.15) is 16.7 Å². The van der Waals surface area contributed by atoms with Gasteiger partial charge in [0.1, 0.15) is 4.32 Å². The smallest absolute Gasteiger partial charge is 0.143 e. The molecule has 0 aromatic heterocycles. The normalized spacial score (nSPS) is 16.1. The molecule has 0 amide bonds. The van der Waals surface area contributed by atoms with Gasteiger partial charge in [-0.3, -0.25) is 0 Å². The lowest BCUT2D eigenvalue weighted by Gasteiger charge is -2.21. The van der Waals surface area contributed by atoms with Gasteiger partial charge in [0, 0.05) is 16.2 Å². The minimum Gasteiger partial charge on any atom is -0.340 e. The molecule has 3 heteroatoms. The first-order chi connectivity index (χ1) is 9.22. The third-order valence-corrected chi connectivity index (χ3v) is 4.17. The molecule has 0 fully saturated rings. The van der Waals surface area contributed by atoms with E-state index in [1.54, 1.807) is 11.8 Å². The SMILES string of the molecule is Cc1ccc2c(c1)/C(=C\c1ccccc1)SC(=S)N2. The van der Waals surface area contributed by atoms with Gasteiger partial charge in [-0.25, -0.2) is 0 Å². The fraction of sp³-hybridized carbons (Fsp3) is 0.0625. The van der Waals surface area contributed by atoms with Crippen LogP contribution >= 0.6 is 24.0 Å². The highest BCUT2D eigenvalue weighted by Gasteiger charge is 2.17. The van der Waals surface area contributed by atoms with Crippen molar-refractivity contribution in [2.75, 3.05) is 5.32 Å². The second-order valence-corrected chi connectivity index (χ2v) is 6.20. The summed E-state index contributed by atoms with van der Waals surface area (Å²) in [5, 5.41) is 3.26. The Morgan fingerprint density at radius 3 is 2.68 bits per heavy atom. The van der Waals surface area contributed by atoms with Crippen LogP contribution in [0.4, 0.5) is 5.69 Å². The predicted molar refractivity (Wildman–Crippen MR) is 89.3 cm³/mol. The first-order valence-corrected chi connectivity index (χ1v) is 7.31. The summed E-state index contributed by atoms with van der Waals surface area (Å²) in [5.41, 5.74) is 4.77. The molecule has 1 heterocycles. The Morgan fingerprint density at radius 2 is 1.89 bits per heavy atom. The summed E-state index contributed by atoms with van der Waals surface area (Å²) in [6.07, 6.45) is 2.19. The molecule has 0 saturated carbocycles. The number of thioether (sulfide) groups is 1. The summed E-state index contributed by atoms with van der Waals surface area (Å²) in [6, 6.07) is 16.7. The lowest BCUT2D eigenvalue weighted by molar-refractivity contribution is 1.45. The number of rotatable bonds is 1. The molecule has 2 aromatic carbocycles. The van der Waals surface area contributed by atoms with Gasteiger partial charge in [0.2, 0.25) is 0 Å². The second-order valence-electron chi connectivity index (χ2n) is 4.48. The van der Waals surface area contributed by atoms with E-state index in [2.05, 4.69) is 48.6 Å². The lowest BCUT2D eigenvalue weighted by Crippen LogP contribution is -2.11.